The van der Waals surface area contributed by atoms with Crippen molar-refractivity contribution in [3.05, 3.63) is 53.0 Å². The average Bonchev–Trinajstić information content (AvgIpc) is 2.25. The zero-order valence-electron chi connectivity index (χ0n) is 10.3. The fourth-order valence-corrected chi connectivity index (χ4v) is 1.65. The quantitative estimate of drug-likeness (QED) is 0.736. The Morgan fingerprint density at radius 1 is 1.00 bits per heavy atom. The minimum absolute atomic E-state index is 0.728. The molecule has 0 aliphatic carbocycles. The second kappa shape index (κ2) is 4.87. The smallest absolute Gasteiger partial charge is 0.152 e. The van der Waals surface area contributed by atoms with Crippen LogP contribution in [0.2, 0.25) is 0 Å². The minimum atomic E-state index is 0.728. The Balaban J connectivity index is 2.25. The molecule has 2 aromatic heterocycles. The molecular weight excluding hydrogens is 210 g/mol. The monoisotopic (exact) mass is 225 g/mol. The van der Waals surface area contributed by atoms with Crippen LogP contribution in [0.1, 0.15) is 22.6 Å². The fourth-order valence-electron chi connectivity index (χ4n) is 1.65. The Bertz CT molecular complexity index is 539. The number of hydrogen-bond donors (Lipinski definition) is 0. The largest absolute Gasteiger partial charge is 0.252 e. The molecule has 86 valence electrons. The van der Waals surface area contributed by atoms with Crippen LogP contribution in [0.15, 0.2) is 35.3 Å². The molecule has 0 spiro atoms. The van der Waals surface area contributed by atoms with Gasteiger partial charge in [0.05, 0.1) is 11.9 Å². The van der Waals surface area contributed by atoms with Crippen molar-refractivity contribution in [3.63, 3.8) is 0 Å². The van der Waals surface area contributed by atoms with Gasteiger partial charge >= 0.3 is 0 Å². The van der Waals surface area contributed by atoms with E-state index in [0.29, 0.717) is 0 Å². The first kappa shape index (κ1) is 11.5. The summed E-state index contributed by atoms with van der Waals surface area (Å²) in [5, 5.41) is 0. The minimum Gasteiger partial charge on any atom is -0.252 e. The number of aliphatic imine (C=N–C) groups is 1. The maximum atomic E-state index is 4.36. The Kier molecular flexibility index (Phi) is 3.28. The lowest BCUT2D eigenvalue weighted by atomic mass is 10.2. The highest BCUT2D eigenvalue weighted by molar-refractivity contribution is 5.79. The van der Waals surface area contributed by atoms with Crippen molar-refractivity contribution in [2.75, 3.05) is 0 Å². The number of hydrogen-bond acceptors (Lipinski definition) is 3. The van der Waals surface area contributed by atoms with Crippen LogP contribution < -0.4 is 0 Å². The summed E-state index contributed by atoms with van der Waals surface area (Å²) in [6.45, 7) is 5.97. The Hall–Kier alpha value is -2.03. The molecule has 3 nitrogen and oxygen atoms in total. The van der Waals surface area contributed by atoms with Crippen molar-refractivity contribution in [1.29, 1.82) is 0 Å². The van der Waals surface area contributed by atoms with Crippen LogP contribution in [0.4, 0.5) is 5.82 Å². The van der Waals surface area contributed by atoms with Crippen LogP contribution in [-0.4, -0.2) is 16.2 Å². The topological polar surface area (TPSA) is 38.1 Å². The molecule has 0 fully saturated rings. The molecule has 17 heavy (non-hydrogen) atoms. The van der Waals surface area contributed by atoms with Crippen molar-refractivity contribution < 1.29 is 0 Å². The third-order valence-electron chi connectivity index (χ3n) is 2.32. The second-order valence-electron chi connectivity index (χ2n) is 4.11. The Labute approximate surface area is 101 Å². The lowest BCUT2D eigenvalue weighted by Crippen LogP contribution is -1.89. The van der Waals surface area contributed by atoms with Gasteiger partial charge in [-0.1, -0.05) is 6.07 Å². The molecular formula is C14H15N3. The molecule has 0 radical (unpaired) electrons. The van der Waals surface area contributed by atoms with Crippen molar-refractivity contribution in [1.82, 2.24) is 9.97 Å². The number of aromatic nitrogens is 2. The van der Waals surface area contributed by atoms with Crippen LogP contribution in [-0.2, 0) is 0 Å². The molecule has 0 saturated carbocycles. The summed E-state index contributed by atoms with van der Waals surface area (Å²) in [7, 11) is 0. The Morgan fingerprint density at radius 2 is 1.82 bits per heavy atom. The maximum Gasteiger partial charge on any atom is 0.152 e. The van der Waals surface area contributed by atoms with E-state index in [1.165, 1.54) is 5.56 Å². The van der Waals surface area contributed by atoms with Gasteiger partial charge in [0.2, 0.25) is 0 Å². The molecule has 0 N–H and O–H groups in total. The van der Waals surface area contributed by atoms with Crippen molar-refractivity contribution in [2.45, 2.75) is 20.8 Å². The van der Waals surface area contributed by atoms with Crippen LogP contribution in [0, 0.1) is 20.8 Å². The summed E-state index contributed by atoms with van der Waals surface area (Å²) >= 11 is 0. The SMILES string of the molecule is Cc1cc(C)nc(N=Cc2cccc(C)n2)c1. The molecule has 0 amide bonds. The predicted octanol–water partition coefficient (Wildman–Crippen LogP) is 3.15. The molecule has 0 saturated heterocycles. The van der Waals surface area contributed by atoms with Gasteiger partial charge in [-0.2, -0.15) is 0 Å². The molecule has 0 aliphatic heterocycles. The van der Waals surface area contributed by atoms with Gasteiger partial charge < -0.3 is 0 Å². The van der Waals surface area contributed by atoms with E-state index in [0.717, 1.165) is 22.9 Å². The average molecular weight is 225 g/mol. The standard InChI is InChI=1S/C14H15N3/c1-10-7-12(3)17-14(8-10)15-9-13-6-4-5-11(2)16-13/h4-9H,1-3H3. The highest BCUT2D eigenvalue weighted by atomic mass is 14.9. The summed E-state index contributed by atoms with van der Waals surface area (Å²) in [4.78, 5) is 13.0. The highest BCUT2D eigenvalue weighted by Gasteiger charge is 1.95. The lowest BCUT2D eigenvalue weighted by Gasteiger charge is -1.98. The summed E-state index contributed by atoms with van der Waals surface area (Å²) < 4.78 is 0. The van der Waals surface area contributed by atoms with Gasteiger partial charge in [-0.3, -0.25) is 4.98 Å². The molecule has 0 aromatic carbocycles. The highest BCUT2D eigenvalue weighted by Crippen LogP contribution is 2.12. The molecule has 0 unspecified atom stereocenters. The van der Waals surface area contributed by atoms with Crippen LogP contribution in [0.3, 0.4) is 0 Å². The van der Waals surface area contributed by atoms with E-state index in [1.54, 1.807) is 6.21 Å². The van der Waals surface area contributed by atoms with Crippen LogP contribution in [0.25, 0.3) is 0 Å². The number of pyridine rings is 2. The number of aryl methyl sites for hydroxylation is 3. The molecule has 0 atom stereocenters. The normalized spacial score (nSPS) is 11.0. The first-order valence-electron chi connectivity index (χ1n) is 5.56. The summed E-state index contributed by atoms with van der Waals surface area (Å²) in [5.41, 5.74) is 3.99. The second-order valence-corrected chi connectivity index (χ2v) is 4.11. The van der Waals surface area contributed by atoms with Gasteiger partial charge in [0.1, 0.15) is 0 Å². The first-order valence-corrected chi connectivity index (χ1v) is 5.56. The first-order chi connectivity index (χ1) is 8.13. The van der Waals surface area contributed by atoms with E-state index in [4.69, 9.17) is 0 Å². The van der Waals surface area contributed by atoms with Gasteiger partial charge in [0.25, 0.3) is 0 Å². The van der Waals surface area contributed by atoms with E-state index in [-0.39, 0.29) is 0 Å². The van der Waals surface area contributed by atoms with Gasteiger partial charge in [0.15, 0.2) is 5.82 Å². The van der Waals surface area contributed by atoms with Gasteiger partial charge in [-0.15, -0.1) is 0 Å². The number of nitrogens with zero attached hydrogens (tertiary/aromatic N) is 3. The molecule has 0 bridgehead atoms. The Morgan fingerprint density at radius 3 is 2.53 bits per heavy atom. The summed E-state index contributed by atoms with van der Waals surface area (Å²) in [6, 6.07) is 9.85. The van der Waals surface area contributed by atoms with Crippen molar-refractivity contribution in [3.8, 4) is 0 Å². The molecule has 2 aromatic rings. The van der Waals surface area contributed by atoms with E-state index >= 15 is 0 Å². The van der Waals surface area contributed by atoms with Crippen molar-refractivity contribution in [2.24, 2.45) is 4.99 Å². The molecule has 2 rings (SSSR count). The molecule has 3 heteroatoms. The fraction of sp³-hybridized carbons (Fsp3) is 0.214. The van der Waals surface area contributed by atoms with Crippen LogP contribution in [0.5, 0.6) is 0 Å². The van der Waals surface area contributed by atoms with Crippen LogP contribution >= 0.6 is 0 Å². The van der Waals surface area contributed by atoms with E-state index in [9.17, 15) is 0 Å². The van der Waals surface area contributed by atoms with E-state index in [1.807, 2.05) is 51.1 Å². The van der Waals surface area contributed by atoms with Gasteiger partial charge in [-0.05, 0) is 50.6 Å². The summed E-state index contributed by atoms with van der Waals surface area (Å²) in [6.07, 6.45) is 1.74. The van der Waals surface area contributed by atoms with Gasteiger partial charge in [0, 0.05) is 11.4 Å². The zero-order chi connectivity index (χ0) is 12.3. The van der Waals surface area contributed by atoms with Gasteiger partial charge in [-0.25, -0.2) is 9.98 Å². The van der Waals surface area contributed by atoms with E-state index in [2.05, 4.69) is 15.0 Å². The predicted molar refractivity (Wildman–Crippen MR) is 69.9 cm³/mol. The molecule has 0 aliphatic rings. The molecule has 2 heterocycles. The lowest BCUT2D eigenvalue weighted by molar-refractivity contribution is 1.15. The summed E-state index contributed by atoms with van der Waals surface area (Å²) in [5.74, 6) is 0.728. The third kappa shape index (κ3) is 3.21. The number of rotatable bonds is 2. The maximum absolute atomic E-state index is 4.36. The van der Waals surface area contributed by atoms with Crippen molar-refractivity contribution >= 4 is 12.0 Å². The van der Waals surface area contributed by atoms with E-state index < -0.39 is 0 Å². The third-order valence-corrected chi connectivity index (χ3v) is 2.32. The zero-order valence-corrected chi connectivity index (χ0v) is 10.3.